The van der Waals surface area contributed by atoms with Crippen LogP contribution in [-0.4, -0.2) is 34.4 Å². The van der Waals surface area contributed by atoms with E-state index in [4.69, 9.17) is 16.3 Å². The van der Waals surface area contributed by atoms with Crippen molar-refractivity contribution in [3.63, 3.8) is 0 Å². The van der Waals surface area contributed by atoms with E-state index < -0.39 is 11.7 Å². The fraction of sp³-hybridized carbons (Fsp3) is 0.357. The van der Waals surface area contributed by atoms with Gasteiger partial charge in [0.05, 0.1) is 23.2 Å². The molecule has 0 aliphatic carbocycles. The van der Waals surface area contributed by atoms with E-state index in [2.05, 4.69) is 15.5 Å². The van der Waals surface area contributed by atoms with Crippen molar-refractivity contribution in [1.82, 2.24) is 20.1 Å². The molecule has 1 heterocycles. The summed E-state index contributed by atoms with van der Waals surface area (Å²) in [6.07, 6.45) is 1.57. The first-order chi connectivity index (χ1) is 10.5. The van der Waals surface area contributed by atoms with Gasteiger partial charge in [0, 0.05) is 13.7 Å². The van der Waals surface area contributed by atoms with Gasteiger partial charge in [0.15, 0.2) is 5.82 Å². The third-order valence-electron chi connectivity index (χ3n) is 3.09. The largest absolute Gasteiger partial charge is 0.383 e. The van der Waals surface area contributed by atoms with Crippen LogP contribution < -0.4 is 5.32 Å². The number of ether oxygens (including phenoxy) is 1. The summed E-state index contributed by atoms with van der Waals surface area (Å²) in [6.45, 7) is 2.87. The van der Waals surface area contributed by atoms with E-state index in [0.717, 1.165) is 6.07 Å². The number of hydrogen-bond donors (Lipinski definition) is 1. The molecule has 1 amide bonds. The molecule has 1 atom stereocenters. The maximum atomic E-state index is 13.0. The number of aromatic nitrogens is 3. The zero-order valence-corrected chi connectivity index (χ0v) is 13.0. The average Bonchev–Trinajstić information content (AvgIpc) is 2.93. The minimum absolute atomic E-state index is 0.0607. The number of benzene rings is 1. The van der Waals surface area contributed by atoms with Gasteiger partial charge in [-0.25, -0.2) is 4.39 Å². The van der Waals surface area contributed by atoms with Crippen LogP contribution in [0, 0.1) is 5.82 Å². The molecule has 8 heteroatoms. The number of carbonyl (C=O) groups excluding carboxylic acids is 1. The van der Waals surface area contributed by atoms with E-state index in [1.807, 2.05) is 0 Å². The van der Waals surface area contributed by atoms with Gasteiger partial charge < -0.3 is 14.6 Å². The Morgan fingerprint density at radius 1 is 1.55 bits per heavy atom. The van der Waals surface area contributed by atoms with Crippen LogP contribution >= 0.6 is 11.6 Å². The second kappa shape index (κ2) is 7.33. The third-order valence-corrected chi connectivity index (χ3v) is 3.41. The Kier molecular flexibility index (Phi) is 5.46. The third kappa shape index (κ3) is 3.80. The quantitative estimate of drug-likeness (QED) is 0.883. The molecule has 2 aromatic rings. The first-order valence-electron chi connectivity index (χ1n) is 6.65. The maximum Gasteiger partial charge on any atom is 0.253 e. The summed E-state index contributed by atoms with van der Waals surface area (Å²) in [4.78, 5) is 12.2. The van der Waals surface area contributed by atoms with Gasteiger partial charge in [0.25, 0.3) is 5.91 Å². The van der Waals surface area contributed by atoms with Gasteiger partial charge in [-0.05, 0) is 25.1 Å². The molecule has 0 spiro atoms. The molecule has 0 aliphatic rings. The van der Waals surface area contributed by atoms with Crippen LogP contribution in [0.4, 0.5) is 4.39 Å². The Bertz CT molecular complexity index is 662. The number of hydrogen-bond acceptors (Lipinski definition) is 4. The second-order valence-corrected chi connectivity index (χ2v) is 5.10. The van der Waals surface area contributed by atoms with Gasteiger partial charge >= 0.3 is 0 Å². The zero-order valence-electron chi connectivity index (χ0n) is 12.2. The van der Waals surface area contributed by atoms with Gasteiger partial charge in [0.1, 0.15) is 12.1 Å². The minimum atomic E-state index is -0.492. The predicted octanol–water partition coefficient (Wildman–Crippen LogP) is 2.21. The molecular formula is C14H16ClFN4O2. The Morgan fingerprint density at radius 3 is 3.00 bits per heavy atom. The molecule has 0 saturated heterocycles. The van der Waals surface area contributed by atoms with E-state index in [1.54, 1.807) is 24.9 Å². The summed E-state index contributed by atoms with van der Waals surface area (Å²) in [7, 11) is 1.60. The lowest BCUT2D eigenvalue weighted by Crippen LogP contribution is -2.29. The molecule has 0 unspecified atom stereocenters. The summed E-state index contributed by atoms with van der Waals surface area (Å²) in [5.74, 6) is -0.295. The van der Waals surface area contributed by atoms with Crippen LogP contribution in [0.1, 0.15) is 29.1 Å². The summed E-state index contributed by atoms with van der Waals surface area (Å²) < 4.78 is 19.8. The smallest absolute Gasteiger partial charge is 0.253 e. The molecule has 0 fully saturated rings. The van der Waals surface area contributed by atoms with Crippen molar-refractivity contribution in [2.45, 2.75) is 19.5 Å². The number of rotatable bonds is 6. The fourth-order valence-electron chi connectivity index (χ4n) is 1.97. The first kappa shape index (κ1) is 16.4. The lowest BCUT2D eigenvalue weighted by Gasteiger charge is -2.15. The van der Waals surface area contributed by atoms with Crippen molar-refractivity contribution in [2.75, 3.05) is 13.7 Å². The van der Waals surface area contributed by atoms with Crippen LogP contribution in [0.15, 0.2) is 24.5 Å². The van der Waals surface area contributed by atoms with Gasteiger partial charge in [-0.2, -0.15) is 0 Å². The molecule has 22 heavy (non-hydrogen) atoms. The topological polar surface area (TPSA) is 69.0 Å². The monoisotopic (exact) mass is 326 g/mol. The van der Waals surface area contributed by atoms with Crippen LogP contribution in [-0.2, 0) is 11.3 Å². The van der Waals surface area contributed by atoms with Crippen LogP contribution in [0.3, 0.4) is 0 Å². The Labute approximate surface area is 132 Å². The Hall–Kier alpha value is -1.99. The molecule has 0 radical (unpaired) electrons. The highest BCUT2D eigenvalue weighted by atomic mass is 35.5. The summed E-state index contributed by atoms with van der Waals surface area (Å²) >= 11 is 5.88. The molecule has 1 N–H and O–H groups in total. The van der Waals surface area contributed by atoms with Crippen molar-refractivity contribution in [3.05, 3.63) is 46.8 Å². The number of methoxy groups -OCH3 is 1. The van der Waals surface area contributed by atoms with Gasteiger partial charge in [-0.15, -0.1) is 10.2 Å². The fourth-order valence-corrected chi connectivity index (χ4v) is 2.23. The molecule has 6 nitrogen and oxygen atoms in total. The van der Waals surface area contributed by atoms with Crippen molar-refractivity contribution >= 4 is 17.5 Å². The highest BCUT2D eigenvalue weighted by Gasteiger charge is 2.18. The standard InChI is InChI=1S/C14H16ClFN4O2/c1-9(13-19-17-8-20(13)5-6-22-2)18-14(21)11-4-3-10(16)7-12(11)15/h3-4,7-9H,5-6H2,1-2H3,(H,18,21)/t9-/m1/s1. The normalized spacial score (nSPS) is 12.2. The van der Waals surface area contributed by atoms with Gasteiger partial charge in [0.2, 0.25) is 0 Å². The van der Waals surface area contributed by atoms with Crippen molar-refractivity contribution < 1.29 is 13.9 Å². The van der Waals surface area contributed by atoms with Crippen LogP contribution in [0.2, 0.25) is 5.02 Å². The highest BCUT2D eigenvalue weighted by molar-refractivity contribution is 6.33. The summed E-state index contributed by atoms with van der Waals surface area (Å²) in [5, 5.41) is 10.7. The van der Waals surface area contributed by atoms with Gasteiger partial charge in [-0.1, -0.05) is 11.6 Å². The summed E-state index contributed by atoms with van der Waals surface area (Å²) in [6, 6.07) is 3.25. The second-order valence-electron chi connectivity index (χ2n) is 4.69. The molecule has 1 aromatic carbocycles. The molecule has 0 aliphatic heterocycles. The predicted molar refractivity (Wildman–Crippen MR) is 79.2 cm³/mol. The van der Waals surface area contributed by atoms with E-state index in [9.17, 15) is 9.18 Å². The Morgan fingerprint density at radius 2 is 2.32 bits per heavy atom. The van der Waals surface area contributed by atoms with E-state index in [1.165, 1.54) is 12.1 Å². The van der Waals surface area contributed by atoms with Crippen molar-refractivity contribution in [3.8, 4) is 0 Å². The van der Waals surface area contributed by atoms with E-state index >= 15 is 0 Å². The number of carbonyl (C=O) groups is 1. The van der Waals surface area contributed by atoms with Gasteiger partial charge in [-0.3, -0.25) is 4.79 Å². The zero-order chi connectivity index (χ0) is 16.1. The van der Waals surface area contributed by atoms with E-state index in [0.29, 0.717) is 19.0 Å². The SMILES string of the molecule is COCCn1cnnc1[C@@H](C)NC(=O)c1ccc(F)cc1Cl. The number of halogens is 2. The highest BCUT2D eigenvalue weighted by Crippen LogP contribution is 2.18. The first-order valence-corrected chi connectivity index (χ1v) is 7.03. The number of nitrogens with zero attached hydrogens (tertiary/aromatic N) is 3. The lowest BCUT2D eigenvalue weighted by molar-refractivity contribution is 0.0937. The Balaban J connectivity index is 2.09. The van der Waals surface area contributed by atoms with E-state index in [-0.39, 0.29) is 16.6 Å². The minimum Gasteiger partial charge on any atom is -0.383 e. The number of amides is 1. The maximum absolute atomic E-state index is 13.0. The molecule has 118 valence electrons. The summed E-state index contributed by atoms with van der Waals surface area (Å²) in [5.41, 5.74) is 0.206. The molecule has 0 saturated carbocycles. The lowest BCUT2D eigenvalue weighted by atomic mass is 10.2. The van der Waals surface area contributed by atoms with Crippen molar-refractivity contribution in [1.29, 1.82) is 0 Å². The average molecular weight is 327 g/mol. The molecule has 1 aromatic heterocycles. The van der Waals surface area contributed by atoms with Crippen LogP contribution in [0.5, 0.6) is 0 Å². The molecule has 0 bridgehead atoms. The van der Waals surface area contributed by atoms with Crippen molar-refractivity contribution in [2.24, 2.45) is 0 Å². The molecular weight excluding hydrogens is 311 g/mol. The van der Waals surface area contributed by atoms with Crippen LogP contribution in [0.25, 0.3) is 0 Å². The molecule has 2 rings (SSSR count). The number of nitrogens with one attached hydrogen (secondary N) is 1.